The maximum absolute atomic E-state index is 14.6. The zero-order chi connectivity index (χ0) is 29.0. The smallest absolute Gasteiger partial charge is 0.310 e. The number of amides is 2. The third-order valence-electron chi connectivity index (χ3n) is 8.36. The highest BCUT2D eigenvalue weighted by molar-refractivity contribution is 8.02. The van der Waals surface area contributed by atoms with Gasteiger partial charge in [-0.1, -0.05) is 49.7 Å². The van der Waals surface area contributed by atoms with Crippen LogP contribution in [-0.2, 0) is 19.1 Å². The van der Waals surface area contributed by atoms with Crippen molar-refractivity contribution in [2.75, 3.05) is 24.7 Å². The van der Waals surface area contributed by atoms with Gasteiger partial charge in [-0.25, -0.2) is 0 Å². The lowest BCUT2D eigenvalue weighted by Crippen LogP contribution is -2.58. The first kappa shape index (κ1) is 30.7. The van der Waals surface area contributed by atoms with Gasteiger partial charge in [0.1, 0.15) is 6.04 Å². The second-order valence-electron chi connectivity index (χ2n) is 11.4. The maximum atomic E-state index is 14.6. The number of nitrogens with zero attached hydrogens (tertiary/aromatic N) is 2. The molecule has 0 radical (unpaired) electrons. The van der Waals surface area contributed by atoms with Crippen LogP contribution in [0.5, 0.6) is 0 Å². The summed E-state index contributed by atoms with van der Waals surface area (Å²) in [7, 11) is 0. The number of para-hydroxylation sites is 1. The Balaban J connectivity index is 1.73. The Morgan fingerprint density at radius 2 is 2.02 bits per heavy atom. The van der Waals surface area contributed by atoms with E-state index in [9.17, 15) is 19.5 Å². The van der Waals surface area contributed by atoms with Crippen molar-refractivity contribution >= 4 is 46.8 Å². The van der Waals surface area contributed by atoms with E-state index in [-0.39, 0.29) is 42.1 Å². The van der Waals surface area contributed by atoms with Gasteiger partial charge in [-0.15, -0.1) is 24.9 Å². The lowest BCUT2D eigenvalue weighted by atomic mass is 9.71. The Bertz CT molecular complexity index is 1130. The molecule has 40 heavy (non-hydrogen) atoms. The SMILES string of the molecule is C=CCCCCOC(=O)[C@@H]1[C@H]2C(=O)N([C@@H](CO)CC(C)C)C(C(=O)N(CC=C)c3ccccc3Cl)C23CC[C@H]1S3. The number of likely N-dealkylation sites (tertiary alicyclic amines) is 1. The number of hydrogen-bond acceptors (Lipinski definition) is 6. The summed E-state index contributed by atoms with van der Waals surface area (Å²) < 4.78 is 4.92. The number of rotatable bonds is 14. The van der Waals surface area contributed by atoms with E-state index in [0.717, 1.165) is 25.7 Å². The van der Waals surface area contributed by atoms with Crippen LogP contribution in [0.15, 0.2) is 49.6 Å². The summed E-state index contributed by atoms with van der Waals surface area (Å²) in [6.07, 6.45) is 7.85. The Labute approximate surface area is 246 Å². The minimum Gasteiger partial charge on any atom is -0.465 e. The zero-order valence-corrected chi connectivity index (χ0v) is 25.0. The van der Waals surface area contributed by atoms with Gasteiger partial charge in [0.05, 0.1) is 46.5 Å². The lowest BCUT2D eigenvalue weighted by molar-refractivity contribution is -0.154. The zero-order valence-electron chi connectivity index (χ0n) is 23.5. The summed E-state index contributed by atoms with van der Waals surface area (Å²) in [5.41, 5.74) is 0.541. The molecule has 7 nitrogen and oxygen atoms in total. The van der Waals surface area contributed by atoms with Gasteiger partial charge >= 0.3 is 5.97 Å². The molecule has 2 bridgehead atoms. The standard InChI is InChI=1S/C31H41ClN2O5S/c1-5-7-8-11-17-39-30(38)25-24-14-15-31(40-24)26(25)28(36)34(21(19-35)18-20(3)4)27(31)29(37)33(16-6-2)23-13-10-9-12-22(23)32/h5-6,9-10,12-13,20-21,24-27,35H,1-2,7-8,11,14-19H2,3-4H3/t21-,24-,25+,26+,27?,31?/m1/s1. The van der Waals surface area contributed by atoms with E-state index in [1.54, 1.807) is 45.8 Å². The van der Waals surface area contributed by atoms with Crippen LogP contribution in [0.25, 0.3) is 0 Å². The quantitative estimate of drug-likeness (QED) is 0.181. The minimum atomic E-state index is -0.850. The van der Waals surface area contributed by atoms with Crippen molar-refractivity contribution in [3.63, 3.8) is 0 Å². The second kappa shape index (κ2) is 13.1. The third kappa shape index (κ3) is 5.59. The molecule has 1 spiro atoms. The summed E-state index contributed by atoms with van der Waals surface area (Å²) in [6, 6.07) is 5.73. The predicted octanol–water partition coefficient (Wildman–Crippen LogP) is 5.26. The molecular weight excluding hydrogens is 548 g/mol. The number of fused-ring (bicyclic) bond motifs is 1. The molecular formula is C31H41ClN2O5S. The third-order valence-corrected chi connectivity index (χ3v) is 10.6. The molecule has 2 amide bonds. The number of esters is 1. The Morgan fingerprint density at radius 3 is 2.67 bits per heavy atom. The van der Waals surface area contributed by atoms with Gasteiger partial charge in [0.15, 0.2) is 0 Å². The Kier molecular flexibility index (Phi) is 10.1. The van der Waals surface area contributed by atoms with Crippen molar-refractivity contribution in [1.29, 1.82) is 0 Å². The first-order valence-electron chi connectivity index (χ1n) is 14.3. The van der Waals surface area contributed by atoms with Crippen LogP contribution in [0.3, 0.4) is 0 Å². The van der Waals surface area contributed by atoms with E-state index in [0.29, 0.717) is 30.2 Å². The van der Waals surface area contributed by atoms with Crippen LogP contribution in [0.1, 0.15) is 52.4 Å². The summed E-state index contributed by atoms with van der Waals surface area (Å²) in [5, 5.41) is 10.8. The molecule has 0 saturated carbocycles. The van der Waals surface area contributed by atoms with E-state index >= 15 is 0 Å². The highest BCUT2D eigenvalue weighted by atomic mass is 35.5. The Morgan fingerprint density at radius 1 is 1.27 bits per heavy atom. The van der Waals surface area contributed by atoms with Crippen molar-refractivity contribution in [2.24, 2.45) is 17.8 Å². The molecule has 4 rings (SSSR count). The van der Waals surface area contributed by atoms with Crippen LogP contribution in [0.2, 0.25) is 5.02 Å². The molecule has 2 unspecified atom stereocenters. The summed E-state index contributed by atoms with van der Waals surface area (Å²) in [5.74, 6) is -1.97. The highest BCUT2D eigenvalue weighted by Crippen LogP contribution is 2.67. The summed E-state index contributed by atoms with van der Waals surface area (Å²) >= 11 is 8.14. The number of aliphatic hydroxyl groups is 1. The number of thioether (sulfide) groups is 1. The summed E-state index contributed by atoms with van der Waals surface area (Å²) in [4.78, 5) is 45.6. The molecule has 1 aromatic carbocycles. The van der Waals surface area contributed by atoms with Crippen LogP contribution < -0.4 is 4.90 Å². The van der Waals surface area contributed by atoms with Crippen LogP contribution in [0.4, 0.5) is 5.69 Å². The average Bonchev–Trinajstić information content (AvgIpc) is 3.57. The van der Waals surface area contributed by atoms with Gasteiger partial charge in [0.25, 0.3) is 5.91 Å². The molecule has 1 N–H and O–H groups in total. The van der Waals surface area contributed by atoms with Crippen molar-refractivity contribution in [1.82, 2.24) is 4.90 Å². The topological polar surface area (TPSA) is 87.1 Å². The molecule has 1 aromatic rings. The largest absolute Gasteiger partial charge is 0.465 e. The number of unbranched alkanes of at least 4 members (excludes halogenated alkanes) is 2. The molecule has 6 atom stereocenters. The molecule has 3 aliphatic heterocycles. The van der Waals surface area contributed by atoms with E-state index in [2.05, 4.69) is 13.2 Å². The number of carbonyl (C=O) groups is 3. The second-order valence-corrected chi connectivity index (χ2v) is 13.4. The first-order valence-corrected chi connectivity index (χ1v) is 15.5. The maximum Gasteiger partial charge on any atom is 0.310 e. The van der Waals surface area contributed by atoms with Gasteiger partial charge in [-0.2, -0.15) is 0 Å². The number of halogens is 1. The van der Waals surface area contributed by atoms with Gasteiger partial charge in [-0.05, 0) is 56.6 Å². The first-order chi connectivity index (χ1) is 19.2. The molecule has 9 heteroatoms. The molecule has 3 saturated heterocycles. The minimum absolute atomic E-state index is 0.0853. The fourth-order valence-electron chi connectivity index (χ4n) is 6.77. The van der Waals surface area contributed by atoms with Gasteiger partial charge in [0.2, 0.25) is 5.91 Å². The number of hydrogen-bond donors (Lipinski definition) is 1. The highest BCUT2D eigenvalue weighted by Gasteiger charge is 2.74. The van der Waals surface area contributed by atoms with Crippen molar-refractivity contribution in [2.45, 2.75) is 74.5 Å². The number of ether oxygens (including phenoxy) is 1. The van der Waals surface area contributed by atoms with E-state index in [4.69, 9.17) is 16.3 Å². The van der Waals surface area contributed by atoms with Gasteiger partial charge in [-0.3, -0.25) is 14.4 Å². The van der Waals surface area contributed by atoms with Crippen LogP contribution in [-0.4, -0.2) is 69.6 Å². The fourth-order valence-corrected chi connectivity index (χ4v) is 9.19. The Hall–Kier alpha value is -2.29. The monoisotopic (exact) mass is 588 g/mol. The average molecular weight is 589 g/mol. The molecule has 218 valence electrons. The van der Waals surface area contributed by atoms with E-state index in [1.165, 1.54) is 0 Å². The molecule has 3 aliphatic rings. The number of aliphatic hydroxyl groups excluding tert-OH is 1. The summed E-state index contributed by atoms with van der Waals surface area (Å²) in [6.45, 7) is 11.9. The fraction of sp³-hybridized carbons (Fsp3) is 0.581. The normalized spacial score (nSPS) is 27.5. The molecule has 0 aromatic heterocycles. The molecule has 3 heterocycles. The molecule has 0 aliphatic carbocycles. The number of anilines is 1. The van der Waals surface area contributed by atoms with Gasteiger partial charge < -0.3 is 19.6 Å². The van der Waals surface area contributed by atoms with E-state index in [1.807, 2.05) is 26.0 Å². The van der Waals surface area contributed by atoms with Crippen LogP contribution >= 0.6 is 23.4 Å². The number of benzene rings is 1. The van der Waals surface area contributed by atoms with Crippen molar-refractivity contribution in [3.05, 3.63) is 54.6 Å². The van der Waals surface area contributed by atoms with E-state index < -0.39 is 28.7 Å². The van der Waals surface area contributed by atoms with Crippen LogP contribution in [0, 0.1) is 17.8 Å². The molecule has 3 fully saturated rings. The van der Waals surface area contributed by atoms with Crippen molar-refractivity contribution in [3.8, 4) is 0 Å². The van der Waals surface area contributed by atoms with Crippen molar-refractivity contribution < 1.29 is 24.2 Å². The number of carbonyl (C=O) groups excluding carboxylic acids is 3. The van der Waals surface area contributed by atoms with Gasteiger partial charge in [0, 0.05) is 11.8 Å². The predicted molar refractivity (Wildman–Crippen MR) is 160 cm³/mol. The lowest BCUT2D eigenvalue weighted by Gasteiger charge is -2.40. The number of allylic oxidation sites excluding steroid dienone is 1.